The molecule has 5 nitrogen and oxygen atoms in total. The summed E-state index contributed by atoms with van der Waals surface area (Å²) in [5, 5.41) is 10.7. The molecule has 2 heterocycles. The Hall–Kier alpha value is -2.32. The second-order valence-electron chi connectivity index (χ2n) is 4.67. The number of halogens is 4. The molecule has 0 fully saturated rings. The monoisotopic (exact) mass is 343 g/mol. The summed E-state index contributed by atoms with van der Waals surface area (Å²) >= 11 is 5.82. The molecule has 9 heteroatoms. The van der Waals surface area contributed by atoms with Crippen LogP contribution in [-0.4, -0.2) is 26.4 Å². The van der Waals surface area contributed by atoms with Crippen molar-refractivity contribution in [1.29, 1.82) is 0 Å². The van der Waals surface area contributed by atoms with Crippen molar-refractivity contribution in [3.8, 4) is 5.75 Å². The van der Waals surface area contributed by atoms with Crippen LogP contribution in [0.3, 0.4) is 0 Å². The molecule has 2 N–H and O–H groups in total. The van der Waals surface area contributed by atoms with Gasteiger partial charge in [-0.2, -0.15) is 0 Å². The van der Waals surface area contributed by atoms with Gasteiger partial charge in [0.1, 0.15) is 17.7 Å². The Morgan fingerprint density at radius 2 is 1.91 bits per heavy atom. The van der Waals surface area contributed by atoms with Crippen LogP contribution in [0, 0.1) is 0 Å². The highest BCUT2D eigenvalue weighted by atomic mass is 35.5. The molecule has 1 aromatic carbocycles. The van der Waals surface area contributed by atoms with Gasteiger partial charge in [0, 0.05) is 6.20 Å². The summed E-state index contributed by atoms with van der Waals surface area (Å²) in [5.41, 5.74) is 1.27. The highest BCUT2D eigenvalue weighted by Crippen LogP contribution is 2.27. The molecule has 0 saturated heterocycles. The van der Waals surface area contributed by atoms with Gasteiger partial charge in [0.2, 0.25) is 0 Å². The molecular formula is C14H9ClF3N3O2. The van der Waals surface area contributed by atoms with Crippen LogP contribution < -0.4 is 4.74 Å². The normalized spacial score (nSPS) is 13.3. The van der Waals surface area contributed by atoms with E-state index in [1.165, 1.54) is 18.3 Å². The first-order valence-corrected chi connectivity index (χ1v) is 6.74. The van der Waals surface area contributed by atoms with E-state index in [4.69, 9.17) is 11.6 Å². The number of nitrogens with zero attached hydrogens (tertiary/aromatic N) is 2. The van der Waals surface area contributed by atoms with Crippen LogP contribution in [0.1, 0.15) is 17.5 Å². The first-order chi connectivity index (χ1) is 10.8. The minimum atomic E-state index is -4.76. The molecule has 3 rings (SSSR count). The SMILES string of the molecule is OC(c1ccc(OC(F)(F)F)cc1)c1nc2ncc(Cl)cc2[nH]1. The minimum Gasteiger partial charge on any atom is -0.406 e. The largest absolute Gasteiger partial charge is 0.573 e. The van der Waals surface area contributed by atoms with Crippen molar-refractivity contribution in [2.75, 3.05) is 0 Å². The number of hydrogen-bond donors (Lipinski definition) is 2. The van der Waals surface area contributed by atoms with Crippen molar-refractivity contribution in [2.45, 2.75) is 12.5 Å². The topological polar surface area (TPSA) is 71.0 Å². The molecule has 120 valence electrons. The Kier molecular flexibility index (Phi) is 3.87. The summed E-state index contributed by atoms with van der Waals surface area (Å²) in [6.45, 7) is 0. The van der Waals surface area contributed by atoms with E-state index in [2.05, 4.69) is 19.7 Å². The van der Waals surface area contributed by atoms with Crippen molar-refractivity contribution in [3.05, 3.63) is 52.9 Å². The molecule has 23 heavy (non-hydrogen) atoms. The van der Waals surface area contributed by atoms with E-state index in [1.807, 2.05) is 0 Å². The predicted molar refractivity (Wildman–Crippen MR) is 76.1 cm³/mol. The number of aliphatic hydroxyl groups excluding tert-OH is 1. The molecule has 2 aromatic heterocycles. The van der Waals surface area contributed by atoms with E-state index in [-0.39, 0.29) is 11.6 Å². The summed E-state index contributed by atoms with van der Waals surface area (Å²) in [6.07, 6.45) is -4.49. The fraction of sp³-hybridized carbons (Fsp3) is 0.143. The van der Waals surface area contributed by atoms with Gasteiger partial charge in [-0.25, -0.2) is 9.97 Å². The van der Waals surface area contributed by atoms with Crippen molar-refractivity contribution in [2.24, 2.45) is 0 Å². The molecule has 0 spiro atoms. The maximum Gasteiger partial charge on any atom is 0.573 e. The number of ether oxygens (including phenoxy) is 1. The number of rotatable bonds is 3. The number of aromatic nitrogens is 3. The third-order valence-corrected chi connectivity index (χ3v) is 3.22. The Morgan fingerprint density at radius 3 is 2.57 bits per heavy atom. The van der Waals surface area contributed by atoms with Gasteiger partial charge in [-0.15, -0.1) is 13.2 Å². The second kappa shape index (κ2) is 5.71. The molecule has 0 aliphatic carbocycles. The number of alkyl halides is 3. The number of nitrogens with one attached hydrogen (secondary N) is 1. The predicted octanol–water partition coefficient (Wildman–Crippen LogP) is 3.59. The van der Waals surface area contributed by atoms with Crippen molar-refractivity contribution in [3.63, 3.8) is 0 Å². The highest BCUT2D eigenvalue weighted by molar-refractivity contribution is 6.31. The maximum absolute atomic E-state index is 12.1. The summed E-state index contributed by atoms with van der Waals surface area (Å²) in [6, 6.07) is 6.47. The van der Waals surface area contributed by atoms with Crippen molar-refractivity contribution < 1.29 is 23.0 Å². The van der Waals surface area contributed by atoms with Crippen LogP contribution in [0.5, 0.6) is 5.75 Å². The lowest BCUT2D eigenvalue weighted by Gasteiger charge is -2.11. The van der Waals surface area contributed by atoms with E-state index in [1.54, 1.807) is 6.07 Å². The molecule has 0 aliphatic heterocycles. The van der Waals surface area contributed by atoms with E-state index in [0.29, 0.717) is 21.7 Å². The van der Waals surface area contributed by atoms with E-state index in [0.717, 1.165) is 12.1 Å². The Balaban J connectivity index is 1.85. The van der Waals surface area contributed by atoms with E-state index in [9.17, 15) is 18.3 Å². The number of imidazole rings is 1. The highest BCUT2D eigenvalue weighted by Gasteiger charge is 2.31. The zero-order valence-corrected chi connectivity index (χ0v) is 12.1. The van der Waals surface area contributed by atoms with Crippen LogP contribution in [0.2, 0.25) is 5.02 Å². The van der Waals surface area contributed by atoms with Gasteiger partial charge in [0.25, 0.3) is 0 Å². The maximum atomic E-state index is 12.1. The fourth-order valence-corrected chi connectivity index (χ4v) is 2.19. The van der Waals surface area contributed by atoms with Gasteiger partial charge in [-0.05, 0) is 23.8 Å². The van der Waals surface area contributed by atoms with E-state index < -0.39 is 12.5 Å². The molecule has 1 unspecified atom stereocenters. The number of H-pyrrole nitrogens is 1. The quantitative estimate of drug-likeness (QED) is 0.762. The van der Waals surface area contributed by atoms with Gasteiger partial charge in [0.05, 0.1) is 10.5 Å². The van der Waals surface area contributed by atoms with E-state index >= 15 is 0 Å². The Bertz CT molecular complexity index is 833. The molecule has 0 radical (unpaired) electrons. The molecule has 1 atom stereocenters. The number of aliphatic hydroxyl groups is 1. The minimum absolute atomic E-state index is 0.208. The molecule has 3 aromatic rings. The Labute approximate surface area is 132 Å². The molecule has 0 aliphatic rings. The van der Waals surface area contributed by atoms with Gasteiger partial charge >= 0.3 is 6.36 Å². The molecule has 0 amide bonds. The number of benzene rings is 1. The molecule has 0 bridgehead atoms. The molecular weight excluding hydrogens is 335 g/mol. The second-order valence-corrected chi connectivity index (χ2v) is 5.10. The number of pyridine rings is 1. The van der Waals surface area contributed by atoms with Crippen LogP contribution in [-0.2, 0) is 0 Å². The fourth-order valence-electron chi connectivity index (χ4n) is 2.03. The average molecular weight is 344 g/mol. The number of fused-ring (bicyclic) bond motifs is 1. The summed E-state index contributed by atoms with van der Waals surface area (Å²) in [7, 11) is 0. The van der Waals surface area contributed by atoms with Crippen LogP contribution in [0.15, 0.2) is 36.5 Å². The Morgan fingerprint density at radius 1 is 1.22 bits per heavy atom. The lowest BCUT2D eigenvalue weighted by molar-refractivity contribution is -0.274. The van der Waals surface area contributed by atoms with Gasteiger partial charge in [-0.3, -0.25) is 0 Å². The summed E-state index contributed by atoms with van der Waals surface area (Å²) < 4.78 is 40.1. The lowest BCUT2D eigenvalue weighted by Crippen LogP contribution is -2.17. The van der Waals surface area contributed by atoms with Gasteiger partial charge in [-0.1, -0.05) is 23.7 Å². The molecule has 0 saturated carbocycles. The number of hydrogen-bond acceptors (Lipinski definition) is 4. The zero-order valence-electron chi connectivity index (χ0n) is 11.3. The van der Waals surface area contributed by atoms with Gasteiger partial charge < -0.3 is 14.8 Å². The zero-order chi connectivity index (χ0) is 16.6. The first kappa shape index (κ1) is 15.6. The van der Waals surface area contributed by atoms with Crippen LogP contribution in [0.25, 0.3) is 11.2 Å². The standard InChI is InChI=1S/C14H9ClF3N3O2/c15-8-5-10-12(19-6-8)21-13(20-10)11(22)7-1-3-9(4-2-7)23-14(16,17)18/h1-6,11,22H,(H,19,20,21). The van der Waals surface area contributed by atoms with Crippen molar-refractivity contribution >= 4 is 22.8 Å². The average Bonchev–Trinajstić information content (AvgIpc) is 2.88. The smallest absolute Gasteiger partial charge is 0.406 e. The summed E-state index contributed by atoms with van der Waals surface area (Å²) in [4.78, 5) is 11.0. The summed E-state index contributed by atoms with van der Waals surface area (Å²) in [5.74, 6) is -0.161. The van der Waals surface area contributed by atoms with Crippen LogP contribution in [0.4, 0.5) is 13.2 Å². The first-order valence-electron chi connectivity index (χ1n) is 6.37. The van der Waals surface area contributed by atoms with Crippen molar-refractivity contribution in [1.82, 2.24) is 15.0 Å². The third-order valence-electron chi connectivity index (χ3n) is 3.01. The lowest BCUT2D eigenvalue weighted by atomic mass is 10.1. The van der Waals surface area contributed by atoms with Gasteiger partial charge in [0.15, 0.2) is 5.65 Å². The van der Waals surface area contributed by atoms with Crippen LogP contribution >= 0.6 is 11.6 Å². The number of aromatic amines is 1. The third kappa shape index (κ3) is 3.54.